The highest BCUT2D eigenvalue weighted by molar-refractivity contribution is 5.97. The molecule has 9 atom stereocenters. The zero-order chi connectivity index (χ0) is 25.8. The lowest BCUT2D eigenvalue weighted by molar-refractivity contribution is -0.242. The molecule has 0 bridgehead atoms. The molecule has 35 heavy (non-hydrogen) atoms. The van der Waals surface area contributed by atoms with Crippen molar-refractivity contribution in [3.05, 3.63) is 0 Å². The molecule has 194 valence electrons. The number of methoxy groups -OCH3 is 1. The molecule has 0 aromatic carbocycles. The van der Waals surface area contributed by atoms with Gasteiger partial charge in [-0.15, -0.1) is 0 Å². The van der Waals surface area contributed by atoms with Crippen molar-refractivity contribution in [2.75, 3.05) is 7.11 Å². The summed E-state index contributed by atoms with van der Waals surface area (Å²) in [5.74, 6) is -3.12. The molecule has 4 aliphatic carbocycles. The Kier molecular flexibility index (Phi) is 6.51. The minimum absolute atomic E-state index is 0.142. The number of hydrogen-bond acceptors (Lipinski definition) is 9. The Balaban J connectivity index is 1.82. The maximum Gasteiger partial charge on any atom is 0.309 e. The van der Waals surface area contributed by atoms with Gasteiger partial charge in [0.1, 0.15) is 11.7 Å². The van der Waals surface area contributed by atoms with E-state index in [0.717, 1.165) is 6.42 Å². The minimum atomic E-state index is -1.37. The summed E-state index contributed by atoms with van der Waals surface area (Å²) in [7, 11) is 1.28. The van der Waals surface area contributed by atoms with E-state index in [1.54, 1.807) is 6.92 Å². The largest absolute Gasteiger partial charge is 0.469 e. The minimum Gasteiger partial charge on any atom is -0.469 e. The van der Waals surface area contributed by atoms with E-state index in [4.69, 9.17) is 18.9 Å². The van der Waals surface area contributed by atoms with Crippen molar-refractivity contribution in [2.24, 2.45) is 34.5 Å². The first-order valence-corrected chi connectivity index (χ1v) is 12.5. The zero-order valence-electron chi connectivity index (χ0n) is 21.2. The van der Waals surface area contributed by atoms with Gasteiger partial charge in [-0.05, 0) is 63.2 Å². The Labute approximate surface area is 205 Å². The third-order valence-electron chi connectivity index (χ3n) is 9.95. The third kappa shape index (κ3) is 3.59. The maximum absolute atomic E-state index is 14.3. The molecule has 0 amide bonds. The van der Waals surface area contributed by atoms with Crippen molar-refractivity contribution in [1.82, 2.24) is 0 Å². The highest BCUT2D eigenvalue weighted by atomic mass is 16.6. The Morgan fingerprint density at radius 3 is 2.26 bits per heavy atom. The van der Waals surface area contributed by atoms with Crippen LogP contribution in [0.4, 0.5) is 0 Å². The lowest BCUT2D eigenvalue weighted by atomic mass is 9.42. The molecule has 4 saturated carbocycles. The second-order valence-electron chi connectivity index (χ2n) is 11.2. The van der Waals surface area contributed by atoms with Crippen molar-refractivity contribution in [3.63, 3.8) is 0 Å². The molecule has 0 N–H and O–H groups in total. The van der Waals surface area contributed by atoms with Crippen LogP contribution in [0.5, 0.6) is 0 Å². The van der Waals surface area contributed by atoms with Gasteiger partial charge in [-0.2, -0.15) is 0 Å². The van der Waals surface area contributed by atoms with E-state index in [-0.39, 0.29) is 35.6 Å². The number of esters is 3. The van der Waals surface area contributed by atoms with Crippen LogP contribution in [0.25, 0.3) is 0 Å². The van der Waals surface area contributed by atoms with Gasteiger partial charge in [0.25, 0.3) is 6.47 Å². The second kappa shape index (κ2) is 8.89. The Morgan fingerprint density at radius 2 is 1.66 bits per heavy atom. The van der Waals surface area contributed by atoms with E-state index in [1.807, 2.05) is 0 Å². The number of ketones is 1. The number of hydrogen-bond donors (Lipinski definition) is 0. The molecule has 9 nitrogen and oxygen atoms in total. The van der Waals surface area contributed by atoms with Crippen LogP contribution in [-0.4, -0.2) is 55.1 Å². The molecule has 4 aliphatic rings. The summed E-state index contributed by atoms with van der Waals surface area (Å²) >= 11 is 0. The van der Waals surface area contributed by atoms with Crippen molar-refractivity contribution < 1.29 is 42.9 Å². The summed E-state index contributed by atoms with van der Waals surface area (Å²) in [5.41, 5.74) is -2.97. The Hall–Kier alpha value is -2.45. The fourth-order valence-electron chi connectivity index (χ4n) is 8.48. The first kappa shape index (κ1) is 25.6. The lowest BCUT2D eigenvalue weighted by Crippen LogP contribution is -2.72. The van der Waals surface area contributed by atoms with E-state index < -0.39 is 40.4 Å². The number of ether oxygens (including phenoxy) is 4. The van der Waals surface area contributed by atoms with Crippen molar-refractivity contribution in [2.45, 2.75) is 90.4 Å². The van der Waals surface area contributed by atoms with E-state index in [0.29, 0.717) is 45.0 Å². The van der Waals surface area contributed by atoms with Gasteiger partial charge in [0.15, 0.2) is 11.9 Å². The van der Waals surface area contributed by atoms with E-state index in [2.05, 4.69) is 6.92 Å². The molecule has 0 unspecified atom stereocenters. The standard InChI is InChI=1S/C26H36O9/c1-14(28)34-17-8-10-24(3)16(12-17)6-7-18-20(24)21(35-15(2)29)22(30)25(4)19(23(31)32-5)9-11-26(18,25)33-13-27/h13,16-21H,6-12H2,1-5H3/t16-,17+,18-,19-,20-,21+,24+,25+,26+/m1/s1. The van der Waals surface area contributed by atoms with Crippen LogP contribution < -0.4 is 0 Å². The van der Waals surface area contributed by atoms with E-state index in [9.17, 15) is 24.0 Å². The van der Waals surface area contributed by atoms with Crippen LogP contribution in [0.3, 0.4) is 0 Å². The third-order valence-corrected chi connectivity index (χ3v) is 9.95. The zero-order valence-corrected chi connectivity index (χ0v) is 21.2. The molecule has 4 fully saturated rings. The van der Waals surface area contributed by atoms with Crippen LogP contribution in [0, 0.1) is 34.5 Å². The van der Waals surface area contributed by atoms with Crippen LogP contribution in [-0.2, 0) is 42.9 Å². The van der Waals surface area contributed by atoms with Gasteiger partial charge in [-0.25, -0.2) is 0 Å². The molecule has 4 rings (SSSR count). The van der Waals surface area contributed by atoms with E-state index in [1.165, 1.54) is 21.0 Å². The smallest absolute Gasteiger partial charge is 0.309 e. The molecule has 0 aliphatic heterocycles. The molecule has 0 heterocycles. The Morgan fingerprint density at radius 1 is 0.971 bits per heavy atom. The summed E-state index contributed by atoms with van der Waals surface area (Å²) < 4.78 is 22.2. The SMILES string of the molecule is COC(=O)[C@H]1CC[C@]2(OC=O)[C@@H]3CC[C@@H]4C[C@@H](OC(C)=O)CC[C@]4(C)[C@H]3[C@H](OC(C)=O)C(=O)[C@]12C. The van der Waals surface area contributed by atoms with Gasteiger partial charge >= 0.3 is 17.9 Å². The van der Waals surface area contributed by atoms with Crippen LogP contribution in [0.15, 0.2) is 0 Å². The summed E-state index contributed by atoms with van der Waals surface area (Å²) in [6, 6.07) is 0. The monoisotopic (exact) mass is 492 g/mol. The fraction of sp³-hybridized carbons (Fsp3) is 0.808. The molecule has 9 heteroatoms. The summed E-state index contributed by atoms with van der Waals surface area (Å²) in [6.45, 7) is 6.86. The molecule has 0 saturated heterocycles. The molecule has 0 aromatic heterocycles. The van der Waals surface area contributed by atoms with Crippen molar-refractivity contribution in [3.8, 4) is 0 Å². The number of fused-ring (bicyclic) bond motifs is 5. The number of rotatable bonds is 5. The van der Waals surface area contributed by atoms with Gasteiger partial charge in [0, 0.05) is 25.7 Å². The highest BCUT2D eigenvalue weighted by Crippen LogP contribution is 2.69. The predicted octanol–water partition coefficient (Wildman–Crippen LogP) is 2.77. The average Bonchev–Trinajstić information content (AvgIpc) is 3.10. The summed E-state index contributed by atoms with van der Waals surface area (Å²) in [5, 5.41) is 0. The first-order valence-electron chi connectivity index (χ1n) is 12.5. The summed E-state index contributed by atoms with van der Waals surface area (Å²) in [4.78, 5) is 62.8. The predicted molar refractivity (Wildman–Crippen MR) is 121 cm³/mol. The molecule has 0 radical (unpaired) electrons. The molecular weight excluding hydrogens is 456 g/mol. The van der Waals surface area contributed by atoms with Gasteiger partial charge in [0.05, 0.1) is 18.4 Å². The van der Waals surface area contributed by atoms with Gasteiger partial charge in [0.2, 0.25) is 0 Å². The van der Waals surface area contributed by atoms with Crippen molar-refractivity contribution >= 4 is 30.2 Å². The number of carbonyl (C=O) groups is 5. The van der Waals surface area contributed by atoms with Gasteiger partial charge in [-0.3, -0.25) is 24.0 Å². The summed E-state index contributed by atoms with van der Waals surface area (Å²) in [6.07, 6.45) is 2.87. The highest BCUT2D eigenvalue weighted by Gasteiger charge is 2.77. The average molecular weight is 493 g/mol. The van der Waals surface area contributed by atoms with Crippen LogP contribution in [0.2, 0.25) is 0 Å². The molecular formula is C26H36O9. The number of carbonyl (C=O) groups excluding carboxylic acids is 5. The fourth-order valence-corrected chi connectivity index (χ4v) is 8.48. The molecule has 0 aromatic rings. The Bertz CT molecular complexity index is 930. The number of Topliss-reactive ketones (excluding diaryl/α,β-unsaturated/α-hetero) is 1. The second-order valence-corrected chi connectivity index (χ2v) is 11.2. The van der Waals surface area contributed by atoms with E-state index >= 15 is 0 Å². The maximum atomic E-state index is 14.3. The quantitative estimate of drug-likeness (QED) is 0.324. The first-order chi connectivity index (χ1) is 16.5. The van der Waals surface area contributed by atoms with Crippen molar-refractivity contribution in [1.29, 1.82) is 0 Å². The lowest BCUT2D eigenvalue weighted by Gasteiger charge is -2.64. The van der Waals surface area contributed by atoms with Crippen LogP contribution in [0.1, 0.15) is 72.6 Å². The van der Waals surface area contributed by atoms with Crippen LogP contribution >= 0.6 is 0 Å². The normalized spacial score (nSPS) is 44.2. The van der Waals surface area contributed by atoms with Gasteiger partial charge < -0.3 is 18.9 Å². The van der Waals surface area contributed by atoms with Gasteiger partial charge in [-0.1, -0.05) is 6.92 Å². The topological polar surface area (TPSA) is 122 Å². The molecule has 0 spiro atoms.